The highest BCUT2D eigenvalue weighted by Gasteiger charge is 2.40. The van der Waals surface area contributed by atoms with Gasteiger partial charge in [-0.25, -0.2) is 9.18 Å². The number of ether oxygens (including phenoxy) is 1. The first-order chi connectivity index (χ1) is 16.4. The third-order valence-corrected chi connectivity index (χ3v) is 6.45. The lowest BCUT2D eigenvalue weighted by Crippen LogP contribution is -2.52. The van der Waals surface area contributed by atoms with E-state index in [-0.39, 0.29) is 49.6 Å². The lowest BCUT2D eigenvalue weighted by atomic mass is 10.0. The molecule has 0 bridgehead atoms. The molecule has 3 aliphatic rings. The number of benzene rings is 1. The summed E-state index contributed by atoms with van der Waals surface area (Å²) in [6, 6.07) is 4.22. The molecule has 1 saturated heterocycles. The maximum absolute atomic E-state index is 15.1. The summed E-state index contributed by atoms with van der Waals surface area (Å²) in [6.45, 7) is 0.793. The van der Waals surface area contributed by atoms with Crippen molar-refractivity contribution in [2.75, 3.05) is 0 Å². The van der Waals surface area contributed by atoms with E-state index < -0.39 is 29.8 Å². The summed E-state index contributed by atoms with van der Waals surface area (Å²) in [5.41, 5.74) is 2.27. The Morgan fingerprint density at radius 3 is 2.88 bits per heavy atom. The number of alkyl carbamates (subject to hydrolysis) is 1. The van der Waals surface area contributed by atoms with E-state index in [1.807, 2.05) is 10.7 Å². The Balaban J connectivity index is 1.19. The smallest absolute Gasteiger partial charge is 0.407 e. The van der Waals surface area contributed by atoms with E-state index in [4.69, 9.17) is 4.74 Å². The van der Waals surface area contributed by atoms with Crippen molar-refractivity contribution in [3.8, 4) is 0 Å². The van der Waals surface area contributed by atoms with Gasteiger partial charge in [0.05, 0.1) is 5.56 Å². The van der Waals surface area contributed by atoms with Gasteiger partial charge in [0.15, 0.2) is 0 Å². The number of nitrogens with one attached hydrogen (secondary N) is 2. The van der Waals surface area contributed by atoms with Crippen LogP contribution in [0.15, 0.2) is 18.2 Å². The van der Waals surface area contributed by atoms with Gasteiger partial charge in [-0.1, -0.05) is 12.1 Å². The number of fused-ring (bicyclic) bond motifs is 2. The zero-order valence-corrected chi connectivity index (χ0v) is 18.4. The first kappa shape index (κ1) is 22.1. The summed E-state index contributed by atoms with van der Waals surface area (Å²) < 4.78 is 22.3. The summed E-state index contributed by atoms with van der Waals surface area (Å²) in [7, 11) is 0. The lowest BCUT2D eigenvalue weighted by molar-refractivity contribution is -0.136. The van der Waals surface area contributed by atoms with Crippen LogP contribution in [-0.2, 0) is 47.0 Å². The van der Waals surface area contributed by atoms with Gasteiger partial charge in [-0.05, 0) is 37.3 Å². The Morgan fingerprint density at radius 1 is 1.24 bits per heavy atom. The second kappa shape index (κ2) is 8.88. The largest absolute Gasteiger partial charge is 0.443 e. The van der Waals surface area contributed by atoms with Crippen LogP contribution in [0.5, 0.6) is 0 Å². The van der Waals surface area contributed by atoms with Crippen molar-refractivity contribution in [3.05, 3.63) is 52.1 Å². The molecule has 178 valence electrons. The first-order valence-corrected chi connectivity index (χ1v) is 11.3. The van der Waals surface area contributed by atoms with Crippen LogP contribution >= 0.6 is 0 Å². The molecule has 3 aliphatic heterocycles. The van der Waals surface area contributed by atoms with Crippen molar-refractivity contribution < 1.29 is 28.3 Å². The molecule has 10 nitrogen and oxygen atoms in total. The molecule has 4 heterocycles. The van der Waals surface area contributed by atoms with Crippen molar-refractivity contribution >= 4 is 23.8 Å². The standard InChI is InChI=1S/C23H24FN5O5/c24-20-13(10-25-23(33)34-12-15-9-16-3-1-2-8-29(16)27-15)4-5-14-11-28(22(32)19(14)20)17-6-7-18(30)26-21(17)31/h4-5,9,17H,1-3,6-8,10-12H2,(H,25,33)(H,26,30,31). The van der Waals surface area contributed by atoms with Crippen molar-refractivity contribution in [1.82, 2.24) is 25.3 Å². The molecule has 2 aromatic rings. The summed E-state index contributed by atoms with van der Waals surface area (Å²) in [4.78, 5) is 49.8. The quantitative estimate of drug-likeness (QED) is 0.641. The molecule has 1 unspecified atom stereocenters. The van der Waals surface area contributed by atoms with Crippen LogP contribution in [0.4, 0.5) is 9.18 Å². The van der Waals surface area contributed by atoms with Crippen LogP contribution < -0.4 is 10.6 Å². The number of aryl methyl sites for hydroxylation is 2. The van der Waals surface area contributed by atoms with E-state index in [1.54, 1.807) is 6.07 Å². The number of carbonyl (C=O) groups is 4. The highest BCUT2D eigenvalue weighted by atomic mass is 19.1. The maximum Gasteiger partial charge on any atom is 0.407 e. The van der Waals surface area contributed by atoms with E-state index >= 15 is 4.39 Å². The van der Waals surface area contributed by atoms with Gasteiger partial charge in [0, 0.05) is 37.3 Å². The number of halogens is 1. The third kappa shape index (κ3) is 4.13. The van der Waals surface area contributed by atoms with Gasteiger partial charge in [0.2, 0.25) is 11.8 Å². The first-order valence-electron chi connectivity index (χ1n) is 11.3. The predicted molar refractivity (Wildman–Crippen MR) is 115 cm³/mol. The molecule has 0 spiro atoms. The van der Waals surface area contributed by atoms with E-state index in [1.165, 1.54) is 11.0 Å². The number of nitrogens with zero attached hydrogens (tertiary/aromatic N) is 3. The van der Waals surface area contributed by atoms with E-state index in [0.717, 1.165) is 31.5 Å². The number of hydrogen-bond donors (Lipinski definition) is 2. The maximum atomic E-state index is 15.1. The molecule has 0 aliphatic carbocycles. The molecule has 5 rings (SSSR count). The lowest BCUT2D eigenvalue weighted by Gasteiger charge is -2.29. The summed E-state index contributed by atoms with van der Waals surface area (Å²) in [5, 5.41) is 9.14. The zero-order valence-electron chi connectivity index (χ0n) is 18.4. The van der Waals surface area contributed by atoms with Crippen LogP contribution in [0, 0.1) is 5.82 Å². The van der Waals surface area contributed by atoms with E-state index in [9.17, 15) is 19.2 Å². The van der Waals surface area contributed by atoms with Crippen LogP contribution in [0.3, 0.4) is 0 Å². The topological polar surface area (TPSA) is 123 Å². The van der Waals surface area contributed by atoms with Crippen molar-refractivity contribution in [3.63, 3.8) is 0 Å². The molecular weight excluding hydrogens is 445 g/mol. The van der Waals surface area contributed by atoms with E-state index in [0.29, 0.717) is 11.3 Å². The van der Waals surface area contributed by atoms with Gasteiger partial charge < -0.3 is 15.0 Å². The normalized spacial score (nSPS) is 19.5. The summed E-state index contributed by atoms with van der Waals surface area (Å²) >= 11 is 0. The van der Waals surface area contributed by atoms with Crippen LogP contribution in [0.2, 0.25) is 0 Å². The molecule has 1 aromatic carbocycles. The molecule has 1 atom stereocenters. The summed E-state index contributed by atoms with van der Waals surface area (Å²) in [5.74, 6) is -2.28. The fraction of sp³-hybridized carbons (Fsp3) is 0.435. The number of imide groups is 1. The van der Waals surface area contributed by atoms with Gasteiger partial charge in [0.25, 0.3) is 5.91 Å². The number of amides is 4. The van der Waals surface area contributed by atoms with Crippen molar-refractivity contribution in [2.24, 2.45) is 0 Å². The Kier molecular flexibility index (Phi) is 5.76. The minimum Gasteiger partial charge on any atom is -0.443 e. The number of rotatable bonds is 5. The van der Waals surface area contributed by atoms with Crippen LogP contribution in [-0.4, -0.2) is 44.5 Å². The minimum absolute atomic E-state index is 0.0118. The molecule has 1 fully saturated rings. The van der Waals surface area contributed by atoms with Crippen LogP contribution in [0.1, 0.15) is 58.6 Å². The number of hydrogen-bond acceptors (Lipinski definition) is 6. The number of carbonyl (C=O) groups excluding carboxylic acids is 4. The molecule has 2 N–H and O–H groups in total. The Morgan fingerprint density at radius 2 is 2.09 bits per heavy atom. The SMILES string of the molecule is O=C1CCC(N2Cc3ccc(CNC(=O)OCc4cc5n(n4)CCCC5)c(F)c3C2=O)C(=O)N1. The molecule has 0 radical (unpaired) electrons. The summed E-state index contributed by atoms with van der Waals surface area (Å²) in [6.07, 6.45) is 2.75. The second-order valence-corrected chi connectivity index (χ2v) is 8.71. The molecular formula is C23H24FN5O5. The second-order valence-electron chi connectivity index (χ2n) is 8.71. The van der Waals surface area contributed by atoms with Gasteiger partial charge in [0.1, 0.15) is 24.2 Å². The van der Waals surface area contributed by atoms with E-state index in [2.05, 4.69) is 15.7 Å². The molecule has 1 aromatic heterocycles. The van der Waals surface area contributed by atoms with Crippen molar-refractivity contribution in [1.29, 1.82) is 0 Å². The Labute approximate surface area is 194 Å². The van der Waals surface area contributed by atoms with Gasteiger partial charge in [-0.3, -0.25) is 24.4 Å². The zero-order chi connectivity index (χ0) is 23.8. The molecule has 34 heavy (non-hydrogen) atoms. The molecule has 11 heteroatoms. The minimum atomic E-state index is -0.817. The van der Waals surface area contributed by atoms with Gasteiger partial charge in [-0.2, -0.15) is 5.10 Å². The fourth-order valence-electron chi connectivity index (χ4n) is 4.69. The number of aromatic nitrogens is 2. The fourth-order valence-corrected chi connectivity index (χ4v) is 4.69. The third-order valence-electron chi connectivity index (χ3n) is 6.45. The van der Waals surface area contributed by atoms with Gasteiger partial charge >= 0.3 is 6.09 Å². The van der Waals surface area contributed by atoms with Crippen LogP contribution in [0.25, 0.3) is 0 Å². The predicted octanol–water partition coefficient (Wildman–Crippen LogP) is 1.55. The van der Waals surface area contributed by atoms with Gasteiger partial charge in [-0.15, -0.1) is 0 Å². The average Bonchev–Trinajstić information content (AvgIpc) is 3.38. The molecule has 4 amide bonds. The van der Waals surface area contributed by atoms with Crippen molar-refractivity contribution in [2.45, 2.75) is 64.4 Å². The highest BCUT2D eigenvalue weighted by molar-refractivity contribution is 6.05. The monoisotopic (exact) mass is 469 g/mol. The average molecular weight is 469 g/mol. The number of piperidine rings is 1. The molecule has 0 saturated carbocycles. The highest BCUT2D eigenvalue weighted by Crippen LogP contribution is 2.30. The Bertz CT molecular complexity index is 1170. The Hall–Kier alpha value is -3.76.